The topological polar surface area (TPSA) is 42.0 Å². The molecule has 1 amide bonds. The number of anilines is 1. The Morgan fingerprint density at radius 3 is 3.12 bits per heavy atom. The Labute approximate surface area is 108 Å². The summed E-state index contributed by atoms with van der Waals surface area (Å²) in [6, 6.07) is 5.66. The van der Waals surface area contributed by atoms with Gasteiger partial charge in [0.1, 0.15) is 0 Å². The van der Waals surface area contributed by atoms with Gasteiger partial charge in [0.05, 0.1) is 12.1 Å². The fourth-order valence-corrected chi connectivity index (χ4v) is 2.26. The van der Waals surface area contributed by atoms with Crippen molar-refractivity contribution in [1.29, 1.82) is 0 Å². The molecule has 0 aromatic carbocycles. The third kappa shape index (κ3) is 3.28. The minimum atomic E-state index is -0.0817. The van der Waals surface area contributed by atoms with Crippen molar-refractivity contribution in [2.45, 2.75) is 13.3 Å². The predicted octanol–water partition coefficient (Wildman–Crippen LogP) is 3.29. The largest absolute Gasteiger partial charge is 0.323 e. The van der Waals surface area contributed by atoms with Crippen LogP contribution in [0.3, 0.4) is 0 Å². The minimum Gasteiger partial charge on any atom is -0.323 e. The van der Waals surface area contributed by atoms with Gasteiger partial charge in [0, 0.05) is 11.1 Å². The van der Waals surface area contributed by atoms with E-state index >= 15 is 0 Å². The van der Waals surface area contributed by atoms with Crippen LogP contribution in [0.15, 0.2) is 29.8 Å². The molecule has 0 saturated carbocycles. The lowest BCUT2D eigenvalue weighted by molar-refractivity contribution is -0.115. The first-order valence-electron chi connectivity index (χ1n) is 5.09. The first-order valence-corrected chi connectivity index (χ1v) is 6.35. The van der Waals surface area contributed by atoms with Crippen LogP contribution in [-0.2, 0) is 11.2 Å². The molecular weight excluding hydrogens is 256 g/mol. The van der Waals surface area contributed by atoms with E-state index in [1.165, 1.54) is 0 Å². The van der Waals surface area contributed by atoms with Crippen LogP contribution >= 0.6 is 22.9 Å². The van der Waals surface area contributed by atoms with Crippen LogP contribution in [0.2, 0.25) is 5.15 Å². The van der Waals surface area contributed by atoms with Crippen LogP contribution in [0.5, 0.6) is 0 Å². The highest BCUT2D eigenvalue weighted by atomic mass is 35.5. The van der Waals surface area contributed by atoms with E-state index in [0.29, 0.717) is 17.3 Å². The highest BCUT2D eigenvalue weighted by Crippen LogP contribution is 2.20. The number of halogens is 1. The number of carbonyl (C=O) groups is 1. The molecule has 0 radical (unpaired) electrons. The maximum atomic E-state index is 11.8. The number of amides is 1. The smallest absolute Gasteiger partial charge is 0.229 e. The third-order valence-electron chi connectivity index (χ3n) is 2.16. The molecule has 0 fully saturated rings. The van der Waals surface area contributed by atoms with Crippen LogP contribution in [0.4, 0.5) is 5.69 Å². The predicted molar refractivity (Wildman–Crippen MR) is 70.6 cm³/mol. The van der Waals surface area contributed by atoms with Crippen LogP contribution in [-0.4, -0.2) is 10.9 Å². The molecule has 2 aromatic heterocycles. The zero-order valence-electron chi connectivity index (χ0n) is 9.24. The van der Waals surface area contributed by atoms with Gasteiger partial charge in [0.2, 0.25) is 5.91 Å². The number of rotatable bonds is 3. The second-order valence-corrected chi connectivity index (χ2v) is 5.05. The van der Waals surface area contributed by atoms with E-state index in [0.717, 1.165) is 10.4 Å². The molecule has 2 rings (SSSR count). The average Bonchev–Trinajstić information content (AvgIpc) is 2.76. The van der Waals surface area contributed by atoms with E-state index in [2.05, 4.69) is 10.3 Å². The maximum absolute atomic E-state index is 11.8. The summed E-state index contributed by atoms with van der Waals surface area (Å²) < 4.78 is 0. The van der Waals surface area contributed by atoms with Crippen molar-refractivity contribution in [3.8, 4) is 0 Å². The summed E-state index contributed by atoms with van der Waals surface area (Å²) in [5.41, 5.74) is 1.52. The molecule has 5 heteroatoms. The number of pyridine rings is 1. The van der Waals surface area contributed by atoms with Gasteiger partial charge in [-0.2, -0.15) is 0 Å². The third-order valence-corrected chi connectivity index (χ3v) is 3.34. The lowest BCUT2D eigenvalue weighted by Gasteiger charge is -2.06. The van der Waals surface area contributed by atoms with Crippen molar-refractivity contribution in [1.82, 2.24) is 4.98 Å². The first-order chi connectivity index (χ1) is 8.15. The molecule has 0 aliphatic carbocycles. The van der Waals surface area contributed by atoms with Gasteiger partial charge in [0.15, 0.2) is 5.15 Å². The van der Waals surface area contributed by atoms with Gasteiger partial charge in [-0.05, 0) is 30.0 Å². The molecule has 0 aliphatic rings. The summed E-state index contributed by atoms with van der Waals surface area (Å²) in [6.45, 7) is 1.90. The van der Waals surface area contributed by atoms with Crippen molar-refractivity contribution in [2.75, 3.05) is 5.32 Å². The molecule has 88 valence electrons. The lowest BCUT2D eigenvalue weighted by Crippen LogP contribution is -2.14. The molecule has 2 heterocycles. The number of aryl methyl sites for hydroxylation is 1. The molecule has 0 saturated heterocycles. The van der Waals surface area contributed by atoms with Crippen LogP contribution in [0.1, 0.15) is 10.4 Å². The van der Waals surface area contributed by atoms with E-state index in [9.17, 15) is 4.79 Å². The zero-order chi connectivity index (χ0) is 12.3. The number of hydrogen-bond donors (Lipinski definition) is 1. The monoisotopic (exact) mass is 266 g/mol. The van der Waals surface area contributed by atoms with Crippen molar-refractivity contribution >= 4 is 34.5 Å². The van der Waals surface area contributed by atoms with Crippen LogP contribution < -0.4 is 5.32 Å². The molecular formula is C12H11ClN2OS. The van der Waals surface area contributed by atoms with Crippen molar-refractivity contribution in [3.63, 3.8) is 0 Å². The molecule has 0 atom stereocenters. The van der Waals surface area contributed by atoms with Crippen LogP contribution in [0.25, 0.3) is 0 Å². The van der Waals surface area contributed by atoms with Crippen molar-refractivity contribution < 1.29 is 4.79 Å². The number of carbonyl (C=O) groups excluding carboxylic acids is 1. The Balaban J connectivity index is 2.05. The summed E-state index contributed by atoms with van der Waals surface area (Å²) in [6.07, 6.45) is 2.03. The maximum Gasteiger partial charge on any atom is 0.229 e. The molecule has 0 bridgehead atoms. The van der Waals surface area contributed by atoms with E-state index in [1.807, 2.05) is 30.5 Å². The van der Waals surface area contributed by atoms with Crippen LogP contribution in [0, 0.1) is 6.92 Å². The molecule has 0 unspecified atom stereocenters. The Morgan fingerprint density at radius 1 is 1.59 bits per heavy atom. The van der Waals surface area contributed by atoms with Gasteiger partial charge in [-0.25, -0.2) is 4.98 Å². The second kappa shape index (κ2) is 5.29. The molecule has 0 spiro atoms. The Bertz CT molecular complexity index is 525. The summed E-state index contributed by atoms with van der Waals surface area (Å²) in [5.74, 6) is -0.0817. The van der Waals surface area contributed by atoms with Gasteiger partial charge in [-0.1, -0.05) is 17.7 Å². The number of thiophene rings is 1. The summed E-state index contributed by atoms with van der Waals surface area (Å²) in [7, 11) is 0. The van der Waals surface area contributed by atoms with Gasteiger partial charge < -0.3 is 5.32 Å². The molecule has 2 aromatic rings. The number of nitrogens with one attached hydrogen (secondary N) is 1. The Morgan fingerprint density at radius 2 is 2.41 bits per heavy atom. The van der Waals surface area contributed by atoms with Crippen molar-refractivity contribution in [2.24, 2.45) is 0 Å². The molecule has 3 nitrogen and oxygen atoms in total. The Kier molecular flexibility index (Phi) is 3.76. The molecule has 1 N–H and O–H groups in total. The highest BCUT2D eigenvalue weighted by Gasteiger charge is 2.08. The lowest BCUT2D eigenvalue weighted by atomic mass is 10.3. The average molecular weight is 267 g/mol. The van der Waals surface area contributed by atoms with E-state index in [4.69, 9.17) is 11.6 Å². The second-order valence-electron chi connectivity index (χ2n) is 3.66. The standard InChI is InChI=1S/C12H11ClN2OS/c1-8-5-10(12(13)14-7-8)15-11(16)6-9-3-2-4-17-9/h2-5,7H,6H2,1H3,(H,15,16). The highest BCUT2D eigenvalue weighted by molar-refractivity contribution is 7.10. The number of aromatic nitrogens is 1. The molecule has 0 aliphatic heterocycles. The van der Waals surface area contributed by atoms with Gasteiger partial charge in [-0.3, -0.25) is 4.79 Å². The fraction of sp³-hybridized carbons (Fsp3) is 0.167. The van der Waals surface area contributed by atoms with Crippen molar-refractivity contribution in [3.05, 3.63) is 45.4 Å². The number of hydrogen-bond acceptors (Lipinski definition) is 3. The van der Waals surface area contributed by atoms with E-state index in [-0.39, 0.29) is 5.91 Å². The summed E-state index contributed by atoms with van der Waals surface area (Å²) in [4.78, 5) is 16.8. The van der Waals surface area contributed by atoms with Gasteiger partial charge in [-0.15, -0.1) is 11.3 Å². The summed E-state index contributed by atoms with van der Waals surface area (Å²) in [5, 5.41) is 5.03. The first kappa shape index (κ1) is 12.1. The SMILES string of the molecule is Cc1cnc(Cl)c(NC(=O)Cc2cccs2)c1. The quantitative estimate of drug-likeness (QED) is 0.867. The Hall–Kier alpha value is -1.39. The fourth-order valence-electron chi connectivity index (χ4n) is 1.41. The van der Waals surface area contributed by atoms with E-state index < -0.39 is 0 Å². The minimum absolute atomic E-state index is 0.0817. The number of nitrogens with zero attached hydrogens (tertiary/aromatic N) is 1. The normalized spacial score (nSPS) is 10.2. The van der Waals surface area contributed by atoms with Gasteiger partial charge in [0.25, 0.3) is 0 Å². The summed E-state index contributed by atoms with van der Waals surface area (Å²) >= 11 is 7.46. The molecule has 17 heavy (non-hydrogen) atoms. The zero-order valence-corrected chi connectivity index (χ0v) is 10.8. The van der Waals surface area contributed by atoms with E-state index in [1.54, 1.807) is 17.5 Å². The van der Waals surface area contributed by atoms with Gasteiger partial charge >= 0.3 is 0 Å².